The highest BCUT2D eigenvalue weighted by atomic mass is 35.5. The molecule has 1 aliphatic heterocycles. The second-order valence-electron chi connectivity index (χ2n) is 4.23. The second kappa shape index (κ2) is 7.94. The number of nitrogens with zero attached hydrogens (tertiary/aromatic N) is 1. The first-order valence-electron chi connectivity index (χ1n) is 5.69. The molecule has 1 N–H and O–H groups in total. The third kappa shape index (κ3) is 3.99. The van der Waals surface area contributed by atoms with Crippen molar-refractivity contribution in [2.75, 3.05) is 26.2 Å². The molecule has 0 amide bonds. The van der Waals surface area contributed by atoms with E-state index >= 15 is 0 Å². The van der Waals surface area contributed by atoms with Crippen molar-refractivity contribution >= 4 is 24.8 Å². The summed E-state index contributed by atoms with van der Waals surface area (Å²) in [6, 6.07) is 2.06. The molecule has 1 atom stereocenters. The molecule has 0 bridgehead atoms. The first-order valence-corrected chi connectivity index (χ1v) is 5.69. The van der Waals surface area contributed by atoms with E-state index in [1.165, 1.54) is 6.07 Å². The lowest BCUT2D eigenvalue weighted by Gasteiger charge is -2.33. The molecule has 1 aliphatic rings. The van der Waals surface area contributed by atoms with Crippen molar-refractivity contribution in [1.82, 2.24) is 10.2 Å². The van der Waals surface area contributed by atoms with Gasteiger partial charge in [-0.3, -0.25) is 4.90 Å². The molecule has 0 aliphatic carbocycles. The van der Waals surface area contributed by atoms with Crippen molar-refractivity contribution in [2.24, 2.45) is 0 Å². The molecule has 0 aromatic heterocycles. The standard InChI is InChI=1S/C12H15F3N2.2ClH/c1-8(17-6-4-16-5-7-17)9-2-3-10(13)12(15)11(9)14;;/h2-3,8,16H,4-7H2,1H3;2*1H/t8-;;/m1../s1. The molecule has 0 radical (unpaired) electrons. The average Bonchev–Trinajstić information content (AvgIpc) is 2.36. The average molecular weight is 317 g/mol. The Morgan fingerprint density at radius 1 is 1.05 bits per heavy atom. The van der Waals surface area contributed by atoms with E-state index in [-0.39, 0.29) is 36.4 Å². The van der Waals surface area contributed by atoms with Crippen LogP contribution in [0.5, 0.6) is 0 Å². The van der Waals surface area contributed by atoms with Gasteiger partial charge in [-0.25, -0.2) is 13.2 Å². The Kier molecular flexibility index (Phi) is 7.74. The Balaban J connectivity index is 0.00000162. The van der Waals surface area contributed by atoms with Gasteiger partial charge in [-0.1, -0.05) is 6.07 Å². The lowest BCUT2D eigenvalue weighted by Crippen LogP contribution is -2.44. The van der Waals surface area contributed by atoms with Crippen LogP contribution in [-0.2, 0) is 0 Å². The predicted octanol–water partition coefficient (Wildman–Crippen LogP) is 2.91. The molecule has 1 aromatic carbocycles. The zero-order chi connectivity index (χ0) is 12.4. The molecule has 0 saturated carbocycles. The van der Waals surface area contributed by atoms with Crippen molar-refractivity contribution < 1.29 is 13.2 Å². The summed E-state index contributed by atoms with van der Waals surface area (Å²) >= 11 is 0. The molecular formula is C12H17Cl2F3N2. The zero-order valence-electron chi connectivity index (χ0n) is 10.5. The molecule has 1 saturated heterocycles. The highest BCUT2D eigenvalue weighted by Crippen LogP contribution is 2.25. The van der Waals surface area contributed by atoms with E-state index in [0.29, 0.717) is 0 Å². The van der Waals surface area contributed by atoms with Gasteiger partial charge in [0.15, 0.2) is 17.5 Å². The third-order valence-electron chi connectivity index (χ3n) is 3.21. The molecule has 0 unspecified atom stereocenters. The van der Waals surface area contributed by atoms with E-state index in [4.69, 9.17) is 0 Å². The van der Waals surface area contributed by atoms with E-state index in [2.05, 4.69) is 5.32 Å². The monoisotopic (exact) mass is 316 g/mol. The van der Waals surface area contributed by atoms with Crippen LogP contribution in [0, 0.1) is 17.5 Å². The van der Waals surface area contributed by atoms with Gasteiger partial charge in [0.05, 0.1) is 0 Å². The Morgan fingerprint density at radius 2 is 1.63 bits per heavy atom. The maximum atomic E-state index is 13.6. The number of piperazine rings is 1. The van der Waals surface area contributed by atoms with Gasteiger partial charge >= 0.3 is 0 Å². The third-order valence-corrected chi connectivity index (χ3v) is 3.21. The molecular weight excluding hydrogens is 300 g/mol. The van der Waals surface area contributed by atoms with E-state index < -0.39 is 17.5 Å². The summed E-state index contributed by atoms with van der Waals surface area (Å²) < 4.78 is 39.6. The van der Waals surface area contributed by atoms with Gasteiger partial charge < -0.3 is 5.32 Å². The Hall–Kier alpha value is -0.490. The summed E-state index contributed by atoms with van der Waals surface area (Å²) in [4.78, 5) is 2.05. The summed E-state index contributed by atoms with van der Waals surface area (Å²) in [7, 11) is 0. The fourth-order valence-electron chi connectivity index (χ4n) is 2.13. The van der Waals surface area contributed by atoms with Crippen LogP contribution >= 0.6 is 24.8 Å². The van der Waals surface area contributed by atoms with Gasteiger partial charge in [0, 0.05) is 37.8 Å². The molecule has 110 valence electrons. The summed E-state index contributed by atoms with van der Waals surface area (Å²) in [5.41, 5.74) is 0.214. The Morgan fingerprint density at radius 3 is 2.21 bits per heavy atom. The van der Waals surface area contributed by atoms with Crippen LogP contribution in [0.1, 0.15) is 18.5 Å². The molecule has 7 heteroatoms. The molecule has 2 nitrogen and oxygen atoms in total. The fourth-order valence-corrected chi connectivity index (χ4v) is 2.13. The molecule has 2 rings (SSSR count). The van der Waals surface area contributed by atoms with Crippen LogP contribution in [0.4, 0.5) is 13.2 Å². The summed E-state index contributed by atoms with van der Waals surface area (Å²) in [5.74, 6) is -3.60. The van der Waals surface area contributed by atoms with Crippen LogP contribution in [0.25, 0.3) is 0 Å². The van der Waals surface area contributed by atoms with Crippen molar-refractivity contribution in [3.05, 3.63) is 35.1 Å². The minimum atomic E-state index is -1.38. The van der Waals surface area contributed by atoms with Crippen molar-refractivity contribution in [3.8, 4) is 0 Å². The second-order valence-corrected chi connectivity index (χ2v) is 4.23. The zero-order valence-corrected chi connectivity index (χ0v) is 12.1. The highest BCUT2D eigenvalue weighted by molar-refractivity contribution is 5.85. The first kappa shape index (κ1) is 18.5. The van der Waals surface area contributed by atoms with Gasteiger partial charge in [-0.05, 0) is 13.0 Å². The number of halogens is 5. The quantitative estimate of drug-likeness (QED) is 0.844. The fraction of sp³-hybridized carbons (Fsp3) is 0.500. The highest BCUT2D eigenvalue weighted by Gasteiger charge is 2.23. The van der Waals surface area contributed by atoms with E-state index in [1.807, 2.05) is 4.90 Å². The van der Waals surface area contributed by atoms with Crippen molar-refractivity contribution in [1.29, 1.82) is 0 Å². The molecule has 1 heterocycles. The van der Waals surface area contributed by atoms with Gasteiger partial charge in [-0.2, -0.15) is 0 Å². The van der Waals surface area contributed by atoms with Crippen LogP contribution < -0.4 is 5.32 Å². The Labute approximate surface area is 123 Å². The first-order chi connectivity index (χ1) is 8.11. The van der Waals surface area contributed by atoms with E-state index in [0.717, 1.165) is 32.2 Å². The maximum Gasteiger partial charge on any atom is 0.194 e. The lowest BCUT2D eigenvalue weighted by atomic mass is 10.1. The summed E-state index contributed by atoms with van der Waals surface area (Å²) in [6.07, 6.45) is 0. The SMILES string of the molecule is C[C@H](c1ccc(F)c(F)c1F)N1CCNCC1.Cl.Cl. The largest absolute Gasteiger partial charge is 0.314 e. The Bertz CT molecular complexity index is 412. The van der Waals surface area contributed by atoms with Crippen LogP contribution in [0.3, 0.4) is 0 Å². The lowest BCUT2D eigenvalue weighted by molar-refractivity contribution is 0.181. The number of rotatable bonds is 2. The van der Waals surface area contributed by atoms with Crippen LogP contribution in [0.2, 0.25) is 0 Å². The number of nitrogens with one attached hydrogen (secondary N) is 1. The molecule has 1 fully saturated rings. The van der Waals surface area contributed by atoms with Gasteiger partial charge in [0.2, 0.25) is 0 Å². The topological polar surface area (TPSA) is 15.3 Å². The normalized spacial score (nSPS) is 17.3. The summed E-state index contributed by atoms with van der Waals surface area (Å²) in [5, 5.41) is 3.19. The minimum absolute atomic E-state index is 0. The molecule has 1 aromatic rings. The molecule has 19 heavy (non-hydrogen) atoms. The van der Waals surface area contributed by atoms with Crippen molar-refractivity contribution in [2.45, 2.75) is 13.0 Å². The summed E-state index contributed by atoms with van der Waals surface area (Å²) in [6.45, 7) is 5.02. The number of benzene rings is 1. The van der Waals surface area contributed by atoms with Crippen LogP contribution in [0.15, 0.2) is 12.1 Å². The van der Waals surface area contributed by atoms with E-state index in [1.54, 1.807) is 6.92 Å². The van der Waals surface area contributed by atoms with Gasteiger partial charge in [0.1, 0.15) is 0 Å². The van der Waals surface area contributed by atoms with Gasteiger partial charge in [-0.15, -0.1) is 24.8 Å². The number of hydrogen-bond acceptors (Lipinski definition) is 2. The predicted molar refractivity (Wildman–Crippen MR) is 73.7 cm³/mol. The molecule has 0 spiro atoms. The smallest absolute Gasteiger partial charge is 0.194 e. The number of hydrogen-bond donors (Lipinski definition) is 1. The maximum absolute atomic E-state index is 13.6. The van der Waals surface area contributed by atoms with Crippen LogP contribution in [-0.4, -0.2) is 31.1 Å². The van der Waals surface area contributed by atoms with E-state index in [9.17, 15) is 13.2 Å². The van der Waals surface area contributed by atoms with Gasteiger partial charge in [0.25, 0.3) is 0 Å². The van der Waals surface area contributed by atoms with Crippen molar-refractivity contribution in [3.63, 3.8) is 0 Å². The minimum Gasteiger partial charge on any atom is -0.314 e.